The standard InChI is InChI=1S/C5H11NO2.H2/c1-4(2)8-5(7)6-3;/h4H,1-3H3,(H,6,7);1H. The molecule has 0 rings (SSSR count). The highest BCUT2D eigenvalue weighted by atomic mass is 16.6. The predicted octanol–water partition coefficient (Wildman–Crippen LogP) is 0.997. The summed E-state index contributed by atoms with van der Waals surface area (Å²) in [6.07, 6.45) is -0.407. The zero-order valence-corrected chi connectivity index (χ0v) is 5.39. The first-order chi connectivity index (χ1) is 3.66. The van der Waals surface area contributed by atoms with Crippen LogP contribution in [0.25, 0.3) is 0 Å². The summed E-state index contributed by atoms with van der Waals surface area (Å²) >= 11 is 0. The highest BCUT2D eigenvalue weighted by Crippen LogP contribution is 1.85. The Morgan fingerprint density at radius 1 is 1.75 bits per heavy atom. The van der Waals surface area contributed by atoms with Gasteiger partial charge in [-0.15, -0.1) is 0 Å². The highest BCUT2D eigenvalue weighted by Gasteiger charge is 1.98. The molecule has 0 heterocycles. The molecule has 0 aliphatic heterocycles. The van der Waals surface area contributed by atoms with Crippen LogP contribution in [0.5, 0.6) is 0 Å². The minimum atomic E-state index is -0.375. The Kier molecular flexibility index (Phi) is 2.99. The van der Waals surface area contributed by atoms with Crippen LogP contribution in [0, 0.1) is 0 Å². The summed E-state index contributed by atoms with van der Waals surface area (Å²) in [4.78, 5) is 10.3. The summed E-state index contributed by atoms with van der Waals surface area (Å²) in [6, 6.07) is 0. The number of alkyl carbamates (subject to hydrolysis) is 1. The van der Waals surface area contributed by atoms with Crippen LogP contribution in [-0.2, 0) is 4.74 Å². The number of ether oxygens (including phenoxy) is 1. The van der Waals surface area contributed by atoms with Crippen molar-refractivity contribution in [3.8, 4) is 0 Å². The molecule has 3 nitrogen and oxygen atoms in total. The molecule has 1 N–H and O–H groups in total. The third kappa shape index (κ3) is 3.46. The van der Waals surface area contributed by atoms with Gasteiger partial charge in [0.1, 0.15) is 0 Å². The quantitative estimate of drug-likeness (QED) is 0.559. The molecule has 0 spiro atoms. The van der Waals surface area contributed by atoms with Crippen molar-refractivity contribution in [1.82, 2.24) is 5.32 Å². The van der Waals surface area contributed by atoms with Gasteiger partial charge in [-0.1, -0.05) is 0 Å². The number of carbonyl (C=O) groups is 1. The van der Waals surface area contributed by atoms with Gasteiger partial charge < -0.3 is 10.1 Å². The normalized spacial score (nSPS) is 9.00. The second-order valence-electron chi connectivity index (χ2n) is 1.70. The van der Waals surface area contributed by atoms with Crippen LogP contribution in [0.3, 0.4) is 0 Å². The fourth-order valence-electron chi connectivity index (χ4n) is 0.273. The number of amides is 1. The molecule has 0 aromatic heterocycles. The average Bonchev–Trinajstić information content (AvgIpc) is 1.65. The second-order valence-corrected chi connectivity index (χ2v) is 1.70. The third-order valence-electron chi connectivity index (χ3n) is 0.547. The molecule has 0 aromatic rings. The van der Waals surface area contributed by atoms with Crippen molar-refractivity contribution >= 4 is 6.09 Å². The van der Waals surface area contributed by atoms with E-state index in [1.54, 1.807) is 13.8 Å². The number of hydrogen-bond donors (Lipinski definition) is 1. The van der Waals surface area contributed by atoms with E-state index in [1.807, 2.05) is 0 Å². The largest absolute Gasteiger partial charge is 0.447 e. The lowest BCUT2D eigenvalue weighted by atomic mass is 10.5. The van der Waals surface area contributed by atoms with Gasteiger partial charge in [-0.25, -0.2) is 4.79 Å². The van der Waals surface area contributed by atoms with Crippen molar-refractivity contribution in [2.45, 2.75) is 20.0 Å². The van der Waals surface area contributed by atoms with Crippen LogP contribution in [0.15, 0.2) is 0 Å². The van der Waals surface area contributed by atoms with Crippen LogP contribution in [-0.4, -0.2) is 19.2 Å². The lowest BCUT2D eigenvalue weighted by Crippen LogP contribution is -2.22. The molecule has 0 bridgehead atoms. The second kappa shape index (κ2) is 3.29. The Labute approximate surface area is 50.5 Å². The summed E-state index contributed by atoms with van der Waals surface area (Å²) in [7, 11) is 1.53. The lowest BCUT2D eigenvalue weighted by molar-refractivity contribution is 0.117. The van der Waals surface area contributed by atoms with E-state index in [9.17, 15) is 4.79 Å². The van der Waals surface area contributed by atoms with Gasteiger partial charge in [0.15, 0.2) is 0 Å². The van der Waals surface area contributed by atoms with Crippen LogP contribution in [0.1, 0.15) is 15.3 Å². The molecule has 0 aliphatic carbocycles. The van der Waals surface area contributed by atoms with Crippen molar-refractivity contribution in [2.75, 3.05) is 7.05 Å². The average molecular weight is 119 g/mol. The molecule has 0 saturated heterocycles. The van der Waals surface area contributed by atoms with Gasteiger partial charge in [-0.05, 0) is 13.8 Å². The van der Waals surface area contributed by atoms with Gasteiger partial charge in [0.05, 0.1) is 6.10 Å². The Hall–Kier alpha value is -0.730. The van der Waals surface area contributed by atoms with Crippen molar-refractivity contribution in [1.29, 1.82) is 0 Å². The van der Waals surface area contributed by atoms with Gasteiger partial charge in [-0.3, -0.25) is 0 Å². The van der Waals surface area contributed by atoms with Crippen LogP contribution < -0.4 is 5.32 Å². The highest BCUT2D eigenvalue weighted by molar-refractivity contribution is 5.66. The first kappa shape index (κ1) is 7.27. The van der Waals surface area contributed by atoms with Crippen LogP contribution in [0.4, 0.5) is 4.79 Å². The fourth-order valence-corrected chi connectivity index (χ4v) is 0.273. The molecule has 0 radical (unpaired) electrons. The first-order valence-electron chi connectivity index (χ1n) is 2.55. The molecular weight excluding hydrogens is 106 g/mol. The van der Waals surface area contributed by atoms with Crippen molar-refractivity contribution < 1.29 is 11.0 Å². The number of nitrogens with one attached hydrogen (secondary N) is 1. The van der Waals surface area contributed by atoms with Gasteiger partial charge in [-0.2, -0.15) is 0 Å². The Balaban J connectivity index is 0. The molecular formula is C5H13NO2. The van der Waals surface area contributed by atoms with Crippen molar-refractivity contribution in [3.05, 3.63) is 0 Å². The van der Waals surface area contributed by atoms with E-state index in [4.69, 9.17) is 0 Å². The minimum Gasteiger partial charge on any atom is -0.447 e. The van der Waals surface area contributed by atoms with Crippen molar-refractivity contribution in [2.24, 2.45) is 0 Å². The summed E-state index contributed by atoms with van der Waals surface area (Å²) < 4.78 is 4.65. The molecule has 8 heavy (non-hydrogen) atoms. The van der Waals surface area contributed by atoms with E-state index in [1.165, 1.54) is 7.05 Å². The third-order valence-corrected chi connectivity index (χ3v) is 0.547. The van der Waals surface area contributed by atoms with Gasteiger partial charge in [0, 0.05) is 8.47 Å². The molecule has 50 valence electrons. The molecule has 1 amide bonds. The number of rotatable bonds is 1. The van der Waals surface area contributed by atoms with Crippen LogP contribution >= 0.6 is 0 Å². The summed E-state index contributed by atoms with van der Waals surface area (Å²) in [5.74, 6) is 0. The lowest BCUT2D eigenvalue weighted by Gasteiger charge is -2.04. The minimum absolute atomic E-state index is 0. The molecule has 0 aromatic carbocycles. The zero-order chi connectivity index (χ0) is 6.57. The van der Waals surface area contributed by atoms with E-state index in [2.05, 4.69) is 10.1 Å². The van der Waals surface area contributed by atoms with E-state index in [-0.39, 0.29) is 13.6 Å². The SMILES string of the molecule is CNC(=O)OC(C)C.[HH]. The number of hydrogen-bond acceptors (Lipinski definition) is 2. The molecule has 0 fully saturated rings. The first-order valence-corrected chi connectivity index (χ1v) is 2.55. The van der Waals surface area contributed by atoms with Gasteiger partial charge >= 0.3 is 6.09 Å². The molecule has 0 atom stereocenters. The molecule has 0 unspecified atom stereocenters. The number of carbonyl (C=O) groups excluding carboxylic acids is 1. The Bertz CT molecular complexity index is 85.0. The summed E-state index contributed by atoms with van der Waals surface area (Å²) in [6.45, 7) is 3.60. The smallest absolute Gasteiger partial charge is 0.407 e. The van der Waals surface area contributed by atoms with E-state index in [0.717, 1.165) is 0 Å². The topological polar surface area (TPSA) is 38.3 Å². The zero-order valence-electron chi connectivity index (χ0n) is 5.39. The van der Waals surface area contributed by atoms with E-state index >= 15 is 0 Å². The molecule has 3 heteroatoms. The molecule has 0 aliphatic rings. The maximum atomic E-state index is 10.3. The van der Waals surface area contributed by atoms with E-state index < -0.39 is 0 Å². The summed E-state index contributed by atoms with van der Waals surface area (Å²) in [5, 5.41) is 2.34. The van der Waals surface area contributed by atoms with Gasteiger partial charge in [0.2, 0.25) is 0 Å². The summed E-state index contributed by atoms with van der Waals surface area (Å²) in [5.41, 5.74) is 0. The van der Waals surface area contributed by atoms with Gasteiger partial charge in [0.25, 0.3) is 0 Å². The Morgan fingerprint density at radius 3 is 2.38 bits per heavy atom. The predicted molar refractivity (Wildman–Crippen MR) is 32.8 cm³/mol. The van der Waals surface area contributed by atoms with Crippen molar-refractivity contribution in [3.63, 3.8) is 0 Å². The monoisotopic (exact) mass is 119 g/mol. The fraction of sp³-hybridized carbons (Fsp3) is 0.800. The molecule has 0 saturated carbocycles. The maximum Gasteiger partial charge on any atom is 0.407 e. The Morgan fingerprint density at radius 2 is 2.25 bits per heavy atom. The van der Waals surface area contributed by atoms with Crippen LogP contribution in [0.2, 0.25) is 0 Å². The maximum absolute atomic E-state index is 10.3. The van der Waals surface area contributed by atoms with E-state index in [0.29, 0.717) is 0 Å².